The van der Waals surface area contributed by atoms with Crippen molar-refractivity contribution in [3.05, 3.63) is 84.8 Å². The van der Waals surface area contributed by atoms with Crippen LogP contribution in [0, 0.1) is 0 Å². The molecule has 2 heterocycles. The topological polar surface area (TPSA) is 71.0 Å². The normalized spacial score (nSPS) is 10.6. The van der Waals surface area contributed by atoms with E-state index in [1.807, 2.05) is 72.6 Å². The van der Waals surface area contributed by atoms with Crippen LogP contribution in [-0.2, 0) is 0 Å². The van der Waals surface area contributed by atoms with Crippen LogP contribution in [0.2, 0.25) is 0 Å². The molecule has 132 valence electrons. The van der Waals surface area contributed by atoms with Gasteiger partial charge in [0.15, 0.2) is 0 Å². The van der Waals surface area contributed by atoms with Crippen molar-refractivity contribution in [2.45, 2.75) is 0 Å². The number of aromatic nitrogens is 3. The van der Waals surface area contributed by atoms with Crippen LogP contribution in [0.25, 0.3) is 10.9 Å². The zero-order valence-corrected chi connectivity index (χ0v) is 14.7. The number of nitrogens with one attached hydrogen (secondary N) is 1. The standard InChI is InChI=1S/C21H17N5O/c1-26(16-9-3-2-4-10-16)21-23-14-12-18(25-21)20(27)24-17-11-5-7-15-8-6-13-22-19(15)17/h2-14H,1H3,(H,24,27). The van der Waals surface area contributed by atoms with Crippen molar-refractivity contribution in [2.75, 3.05) is 17.3 Å². The fourth-order valence-electron chi connectivity index (χ4n) is 2.79. The summed E-state index contributed by atoms with van der Waals surface area (Å²) in [4.78, 5) is 27.6. The average Bonchev–Trinajstić information content (AvgIpc) is 2.74. The first-order valence-corrected chi connectivity index (χ1v) is 8.49. The number of hydrogen-bond donors (Lipinski definition) is 1. The number of rotatable bonds is 4. The number of amides is 1. The maximum atomic E-state index is 12.7. The van der Waals surface area contributed by atoms with E-state index in [0.29, 0.717) is 11.6 Å². The van der Waals surface area contributed by atoms with Crippen LogP contribution in [0.15, 0.2) is 79.1 Å². The van der Waals surface area contributed by atoms with Gasteiger partial charge in [0.2, 0.25) is 5.95 Å². The molecule has 0 unspecified atom stereocenters. The van der Waals surface area contributed by atoms with Crippen LogP contribution in [0.4, 0.5) is 17.3 Å². The van der Waals surface area contributed by atoms with Crippen LogP contribution >= 0.6 is 0 Å². The lowest BCUT2D eigenvalue weighted by Gasteiger charge is -2.17. The molecule has 0 aliphatic heterocycles. The highest BCUT2D eigenvalue weighted by Crippen LogP contribution is 2.22. The third-order valence-corrected chi connectivity index (χ3v) is 4.20. The molecule has 0 atom stereocenters. The highest BCUT2D eigenvalue weighted by atomic mass is 16.1. The van der Waals surface area contributed by atoms with Gasteiger partial charge in [0, 0.05) is 30.5 Å². The third kappa shape index (κ3) is 3.46. The van der Waals surface area contributed by atoms with E-state index in [9.17, 15) is 4.79 Å². The highest BCUT2D eigenvalue weighted by molar-refractivity contribution is 6.07. The molecule has 4 aromatic rings. The second-order valence-electron chi connectivity index (χ2n) is 5.97. The molecule has 6 heteroatoms. The number of pyridine rings is 1. The Morgan fingerprint density at radius 1 is 0.889 bits per heavy atom. The molecule has 2 aromatic heterocycles. The SMILES string of the molecule is CN(c1ccccc1)c1nccc(C(=O)Nc2cccc3cccnc23)n1. The molecule has 0 saturated carbocycles. The quantitative estimate of drug-likeness (QED) is 0.598. The number of para-hydroxylation sites is 2. The molecule has 0 bridgehead atoms. The van der Waals surface area contributed by atoms with Gasteiger partial charge in [0.25, 0.3) is 5.91 Å². The molecule has 27 heavy (non-hydrogen) atoms. The summed E-state index contributed by atoms with van der Waals surface area (Å²) >= 11 is 0. The molecule has 1 N–H and O–H groups in total. The minimum atomic E-state index is -0.307. The Labute approximate surface area is 156 Å². The summed E-state index contributed by atoms with van der Waals surface area (Å²) in [7, 11) is 1.86. The summed E-state index contributed by atoms with van der Waals surface area (Å²) in [5, 5.41) is 3.86. The lowest BCUT2D eigenvalue weighted by atomic mass is 10.2. The van der Waals surface area contributed by atoms with Crippen LogP contribution in [0.5, 0.6) is 0 Å². The molecular weight excluding hydrogens is 338 g/mol. The molecule has 0 saturated heterocycles. The van der Waals surface area contributed by atoms with Gasteiger partial charge in [-0.2, -0.15) is 0 Å². The van der Waals surface area contributed by atoms with Gasteiger partial charge >= 0.3 is 0 Å². The van der Waals surface area contributed by atoms with Crippen LogP contribution in [0.1, 0.15) is 10.5 Å². The fourth-order valence-corrected chi connectivity index (χ4v) is 2.79. The molecule has 0 radical (unpaired) electrons. The molecule has 0 aliphatic carbocycles. The van der Waals surface area contributed by atoms with E-state index in [0.717, 1.165) is 16.6 Å². The second-order valence-corrected chi connectivity index (χ2v) is 5.97. The van der Waals surface area contributed by atoms with Crippen molar-refractivity contribution in [3.63, 3.8) is 0 Å². The first-order chi connectivity index (χ1) is 13.2. The Bertz CT molecular complexity index is 1090. The molecule has 4 rings (SSSR count). The van der Waals surface area contributed by atoms with Crippen molar-refractivity contribution in [2.24, 2.45) is 0 Å². The largest absolute Gasteiger partial charge is 0.319 e. The van der Waals surface area contributed by atoms with Crippen LogP contribution < -0.4 is 10.2 Å². The minimum absolute atomic E-state index is 0.288. The minimum Gasteiger partial charge on any atom is -0.319 e. The van der Waals surface area contributed by atoms with Crippen molar-refractivity contribution in [1.29, 1.82) is 0 Å². The number of carbonyl (C=O) groups is 1. The maximum Gasteiger partial charge on any atom is 0.274 e. The van der Waals surface area contributed by atoms with Gasteiger partial charge in [0.1, 0.15) is 5.69 Å². The number of anilines is 3. The van der Waals surface area contributed by atoms with Crippen LogP contribution in [0.3, 0.4) is 0 Å². The summed E-state index contributed by atoms with van der Waals surface area (Å²) in [6.45, 7) is 0. The first-order valence-electron chi connectivity index (χ1n) is 8.49. The summed E-state index contributed by atoms with van der Waals surface area (Å²) in [6, 6.07) is 20.8. The van der Waals surface area contributed by atoms with E-state index in [4.69, 9.17) is 0 Å². The lowest BCUT2D eigenvalue weighted by molar-refractivity contribution is 0.102. The molecule has 0 fully saturated rings. The first kappa shape index (κ1) is 16.7. The predicted molar refractivity (Wildman–Crippen MR) is 106 cm³/mol. The number of carbonyl (C=O) groups excluding carboxylic acids is 1. The molecule has 2 aromatic carbocycles. The highest BCUT2D eigenvalue weighted by Gasteiger charge is 2.13. The monoisotopic (exact) mass is 355 g/mol. The second kappa shape index (κ2) is 7.21. The van der Waals surface area contributed by atoms with E-state index < -0.39 is 0 Å². The van der Waals surface area contributed by atoms with Gasteiger partial charge in [-0.15, -0.1) is 0 Å². The summed E-state index contributed by atoms with van der Waals surface area (Å²) in [5.74, 6) is 0.142. The van der Waals surface area contributed by atoms with Gasteiger partial charge in [-0.1, -0.05) is 36.4 Å². The van der Waals surface area contributed by atoms with E-state index in [1.165, 1.54) is 0 Å². The number of nitrogens with zero attached hydrogens (tertiary/aromatic N) is 4. The van der Waals surface area contributed by atoms with Gasteiger partial charge in [-0.3, -0.25) is 9.78 Å². The van der Waals surface area contributed by atoms with Gasteiger partial charge in [0.05, 0.1) is 11.2 Å². The van der Waals surface area contributed by atoms with E-state index in [1.54, 1.807) is 18.5 Å². The van der Waals surface area contributed by atoms with Crippen molar-refractivity contribution < 1.29 is 4.79 Å². The Kier molecular flexibility index (Phi) is 4.45. The van der Waals surface area contributed by atoms with Gasteiger partial charge < -0.3 is 10.2 Å². The average molecular weight is 355 g/mol. The van der Waals surface area contributed by atoms with E-state index >= 15 is 0 Å². The molecular formula is C21H17N5O. The van der Waals surface area contributed by atoms with Crippen molar-refractivity contribution >= 4 is 34.1 Å². The predicted octanol–water partition coefficient (Wildman–Crippen LogP) is 4.05. The van der Waals surface area contributed by atoms with Gasteiger partial charge in [-0.25, -0.2) is 9.97 Å². The molecule has 0 spiro atoms. The number of hydrogen-bond acceptors (Lipinski definition) is 5. The number of benzene rings is 2. The Balaban J connectivity index is 1.61. The smallest absolute Gasteiger partial charge is 0.274 e. The molecule has 1 amide bonds. The molecule has 0 aliphatic rings. The van der Waals surface area contributed by atoms with Gasteiger partial charge in [-0.05, 0) is 30.3 Å². The summed E-state index contributed by atoms with van der Waals surface area (Å²) in [5.41, 5.74) is 2.61. The fraction of sp³-hybridized carbons (Fsp3) is 0.0476. The van der Waals surface area contributed by atoms with Crippen LogP contribution in [-0.4, -0.2) is 27.9 Å². The Hall–Kier alpha value is -3.80. The van der Waals surface area contributed by atoms with E-state index in [-0.39, 0.29) is 11.6 Å². The van der Waals surface area contributed by atoms with Crippen molar-refractivity contribution in [1.82, 2.24) is 15.0 Å². The Morgan fingerprint density at radius 2 is 1.70 bits per heavy atom. The Morgan fingerprint density at radius 3 is 2.56 bits per heavy atom. The van der Waals surface area contributed by atoms with Crippen molar-refractivity contribution in [3.8, 4) is 0 Å². The summed E-state index contributed by atoms with van der Waals surface area (Å²) in [6.07, 6.45) is 3.29. The summed E-state index contributed by atoms with van der Waals surface area (Å²) < 4.78 is 0. The lowest BCUT2D eigenvalue weighted by Crippen LogP contribution is -2.18. The maximum absolute atomic E-state index is 12.7. The molecule has 6 nitrogen and oxygen atoms in total. The zero-order valence-electron chi connectivity index (χ0n) is 14.7. The van der Waals surface area contributed by atoms with E-state index in [2.05, 4.69) is 20.3 Å². The number of fused-ring (bicyclic) bond motifs is 1. The zero-order chi connectivity index (χ0) is 18.6. The third-order valence-electron chi connectivity index (χ3n) is 4.20.